The number of aromatic nitrogens is 1. The van der Waals surface area contributed by atoms with Crippen molar-refractivity contribution in [1.29, 1.82) is 0 Å². The third-order valence-corrected chi connectivity index (χ3v) is 4.00. The lowest BCUT2D eigenvalue weighted by Gasteiger charge is -2.12. The highest BCUT2D eigenvalue weighted by atomic mass is 32.2. The fraction of sp³-hybridized carbons (Fsp3) is 0.214. The van der Waals surface area contributed by atoms with Crippen LogP contribution in [0.25, 0.3) is 0 Å². The molecule has 1 heterocycles. The zero-order valence-corrected chi connectivity index (χ0v) is 12.6. The van der Waals surface area contributed by atoms with E-state index in [4.69, 9.17) is 10.5 Å². The van der Waals surface area contributed by atoms with Gasteiger partial charge in [-0.25, -0.2) is 13.4 Å². The first-order chi connectivity index (χ1) is 9.88. The van der Waals surface area contributed by atoms with Crippen molar-refractivity contribution in [3.8, 4) is 5.75 Å². The first-order valence-corrected chi connectivity index (χ1v) is 7.87. The molecule has 0 spiro atoms. The largest absolute Gasteiger partial charge is 0.491 e. The van der Waals surface area contributed by atoms with Crippen LogP contribution in [0.1, 0.15) is 13.8 Å². The topological polar surface area (TPSA) is 94.3 Å². The number of pyridine rings is 1. The van der Waals surface area contributed by atoms with Gasteiger partial charge in [0.25, 0.3) is 10.0 Å². The zero-order valence-electron chi connectivity index (χ0n) is 11.8. The van der Waals surface area contributed by atoms with Gasteiger partial charge in [-0.1, -0.05) is 0 Å². The molecule has 3 N–H and O–H groups in total. The second-order valence-electron chi connectivity index (χ2n) is 4.68. The van der Waals surface area contributed by atoms with Crippen LogP contribution in [0.15, 0.2) is 47.5 Å². The van der Waals surface area contributed by atoms with Gasteiger partial charge in [-0.05, 0) is 50.2 Å². The third-order valence-electron chi connectivity index (χ3n) is 2.57. The van der Waals surface area contributed by atoms with Crippen LogP contribution in [0.2, 0.25) is 0 Å². The van der Waals surface area contributed by atoms with Crippen molar-refractivity contribution in [3.05, 3.63) is 42.6 Å². The Hall–Kier alpha value is -2.28. The average Bonchev–Trinajstić information content (AvgIpc) is 2.40. The molecule has 2 aromatic rings. The van der Waals surface area contributed by atoms with Crippen molar-refractivity contribution in [3.63, 3.8) is 0 Å². The minimum Gasteiger partial charge on any atom is -0.491 e. The number of sulfonamides is 1. The minimum atomic E-state index is -3.76. The highest BCUT2D eigenvalue weighted by molar-refractivity contribution is 7.92. The maximum Gasteiger partial charge on any atom is 0.265 e. The molecule has 21 heavy (non-hydrogen) atoms. The second kappa shape index (κ2) is 6.01. The Labute approximate surface area is 124 Å². The highest BCUT2D eigenvalue weighted by Gasteiger charge is 2.17. The lowest BCUT2D eigenvalue weighted by Crippen LogP contribution is -2.15. The summed E-state index contributed by atoms with van der Waals surface area (Å²) in [5.74, 6) is 0.638. The molecule has 7 heteroatoms. The minimum absolute atomic E-state index is 0.0373. The monoisotopic (exact) mass is 307 g/mol. The van der Waals surface area contributed by atoms with Gasteiger partial charge < -0.3 is 10.5 Å². The Kier molecular flexibility index (Phi) is 4.32. The molecule has 0 aliphatic rings. The summed E-state index contributed by atoms with van der Waals surface area (Å²) in [4.78, 5) is 3.72. The molecule has 0 radical (unpaired) electrons. The summed E-state index contributed by atoms with van der Waals surface area (Å²) < 4.78 is 32.4. The fourth-order valence-corrected chi connectivity index (χ4v) is 2.86. The van der Waals surface area contributed by atoms with Gasteiger partial charge in [0.1, 0.15) is 16.5 Å². The van der Waals surface area contributed by atoms with Gasteiger partial charge in [-0.2, -0.15) is 0 Å². The van der Waals surface area contributed by atoms with Crippen LogP contribution in [-0.4, -0.2) is 19.5 Å². The second-order valence-corrected chi connectivity index (χ2v) is 6.33. The van der Waals surface area contributed by atoms with Gasteiger partial charge in [0, 0.05) is 11.9 Å². The van der Waals surface area contributed by atoms with Gasteiger partial charge in [0.05, 0.1) is 6.10 Å². The van der Waals surface area contributed by atoms with Crippen LogP contribution in [0, 0.1) is 0 Å². The Morgan fingerprint density at radius 3 is 2.43 bits per heavy atom. The van der Waals surface area contributed by atoms with Crippen molar-refractivity contribution in [2.75, 3.05) is 10.5 Å². The summed E-state index contributed by atoms with van der Waals surface area (Å²) in [5, 5.41) is 0. The molecule has 0 saturated carbocycles. The highest BCUT2D eigenvalue weighted by Crippen LogP contribution is 2.22. The predicted molar refractivity (Wildman–Crippen MR) is 81.7 cm³/mol. The van der Waals surface area contributed by atoms with Gasteiger partial charge in [0.2, 0.25) is 0 Å². The van der Waals surface area contributed by atoms with Crippen LogP contribution in [0.3, 0.4) is 0 Å². The third kappa shape index (κ3) is 3.85. The number of hydrogen-bond donors (Lipinski definition) is 2. The zero-order chi connectivity index (χ0) is 15.5. The molecule has 0 bridgehead atoms. The molecule has 6 nitrogen and oxygen atoms in total. The molecule has 0 fully saturated rings. The van der Waals surface area contributed by atoms with Crippen molar-refractivity contribution in [2.45, 2.75) is 24.8 Å². The molecule has 1 aromatic carbocycles. The summed E-state index contributed by atoms with van der Waals surface area (Å²) in [5.41, 5.74) is 6.01. The molecule has 1 aromatic heterocycles. The van der Waals surface area contributed by atoms with E-state index in [1.54, 1.807) is 24.3 Å². The quantitative estimate of drug-likeness (QED) is 0.883. The van der Waals surface area contributed by atoms with Crippen LogP contribution in [-0.2, 0) is 10.0 Å². The van der Waals surface area contributed by atoms with Gasteiger partial charge in [-0.15, -0.1) is 0 Å². The standard InChI is InChI=1S/C14H17N3O3S/c1-10(2)20-12-7-5-11(6-8-12)17-21(18,19)13-4-3-9-16-14(13)15/h3-10,17H,1-2H3,(H2,15,16). The summed E-state index contributed by atoms with van der Waals surface area (Å²) in [6, 6.07) is 9.57. The number of nitrogens with two attached hydrogens (primary N) is 1. The van der Waals surface area contributed by atoms with Crippen molar-refractivity contribution in [1.82, 2.24) is 4.98 Å². The summed E-state index contributed by atoms with van der Waals surface area (Å²) in [7, 11) is -3.76. The number of rotatable bonds is 5. The van der Waals surface area contributed by atoms with Gasteiger partial charge in [0.15, 0.2) is 0 Å². The van der Waals surface area contributed by atoms with E-state index >= 15 is 0 Å². The Bertz CT molecular complexity index is 712. The predicted octanol–water partition coefficient (Wildman–Crippen LogP) is 2.25. The van der Waals surface area contributed by atoms with Crippen molar-refractivity contribution in [2.24, 2.45) is 0 Å². The number of ether oxygens (including phenoxy) is 1. The van der Waals surface area contributed by atoms with E-state index in [9.17, 15) is 8.42 Å². The SMILES string of the molecule is CC(C)Oc1ccc(NS(=O)(=O)c2cccnc2N)cc1. The Morgan fingerprint density at radius 1 is 1.19 bits per heavy atom. The number of nitrogens with one attached hydrogen (secondary N) is 1. The molecule has 0 aliphatic carbocycles. The molecular weight excluding hydrogens is 290 g/mol. The van der Waals surface area contributed by atoms with E-state index in [0.717, 1.165) is 0 Å². The maximum atomic E-state index is 12.2. The van der Waals surface area contributed by atoms with Crippen LogP contribution in [0.4, 0.5) is 11.5 Å². The van der Waals surface area contributed by atoms with Crippen molar-refractivity contribution >= 4 is 21.5 Å². The fourth-order valence-electron chi connectivity index (χ4n) is 1.71. The molecule has 0 amide bonds. The van der Waals surface area contributed by atoms with E-state index in [0.29, 0.717) is 11.4 Å². The summed E-state index contributed by atoms with van der Waals surface area (Å²) in [6.45, 7) is 3.84. The Morgan fingerprint density at radius 2 is 1.86 bits per heavy atom. The number of nitrogens with zero attached hydrogens (tertiary/aromatic N) is 1. The van der Waals surface area contributed by atoms with Crippen LogP contribution >= 0.6 is 0 Å². The number of anilines is 2. The first-order valence-electron chi connectivity index (χ1n) is 6.38. The first kappa shape index (κ1) is 15.1. The Balaban J connectivity index is 2.19. The van der Waals surface area contributed by atoms with Crippen LogP contribution in [0.5, 0.6) is 5.75 Å². The number of hydrogen-bond acceptors (Lipinski definition) is 5. The van der Waals surface area contributed by atoms with Crippen LogP contribution < -0.4 is 15.2 Å². The molecule has 0 saturated heterocycles. The lowest BCUT2D eigenvalue weighted by molar-refractivity contribution is 0.242. The molecule has 0 unspecified atom stereocenters. The average molecular weight is 307 g/mol. The van der Waals surface area contributed by atoms with E-state index < -0.39 is 10.0 Å². The van der Waals surface area contributed by atoms with E-state index in [1.165, 1.54) is 18.3 Å². The van der Waals surface area contributed by atoms with Gasteiger partial charge >= 0.3 is 0 Å². The van der Waals surface area contributed by atoms with E-state index in [1.807, 2.05) is 13.8 Å². The maximum absolute atomic E-state index is 12.2. The van der Waals surface area contributed by atoms with E-state index in [2.05, 4.69) is 9.71 Å². The van der Waals surface area contributed by atoms with E-state index in [-0.39, 0.29) is 16.8 Å². The normalized spacial score (nSPS) is 11.4. The smallest absolute Gasteiger partial charge is 0.265 e. The molecule has 0 atom stereocenters. The number of benzene rings is 1. The number of nitrogen functional groups attached to an aromatic ring is 1. The van der Waals surface area contributed by atoms with Crippen molar-refractivity contribution < 1.29 is 13.2 Å². The lowest BCUT2D eigenvalue weighted by atomic mass is 10.3. The molecule has 0 aliphatic heterocycles. The van der Waals surface area contributed by atoms with Gasteiger partial charge in [-0.3, -0.25) is 4.72 Å². The summed E-state index contributed by atoms with van der Waals surface area (Å²) in [6.07, 6.45) is 1.49. The molecule has 2 rings (SSSR count). The molecular formula is C14H17N3O3S. The summed E-state index contributed by atoms with van der Waals surface area (Å²) >= 11 is 0. The molecule has 112 valence electrons.